The SMILES string of the molecule is CC1CCC2(CC1)NC(=O)N(CC(=O)O[C@H](C)C(=O)NC1CCCCC1)C2=O. The van der Waals surface area contributed by atoms with E-state index >= 15 is 0 Å². The minimum Gasteiger partial charge on any atom is -0.451 e. The van der Waals surface area contributed by atoms with Gasteiger partial charge < -0.3 is 15.4 Å². The van der Waals surface area contributed by atoms with Crippen molar-refractivity contribution in [3.05, 3.63) is 0 Å². The molecular weight excluding hydrogens is 362 g/mol. The molecule has 1 saturated heterocycles. The van der Waals surface area contributed by atoms with Crippen LogP contribution in [0.25, 0.3) is 0 Å². The average Bonchev–Trinajstić information content (AvgIpc) is 2.89. The number of carbonyl (C=O) groups excluding carboxylic acids is 4. The van der Waals surface area contributed by atoms with Gasteiger partial charge in [-0.3, -0.25) is 19.3 Å². The van der Waals surface area contributed by atoms with Gasteiger partial charge >= 0.3 is 12.0 Å². The molecule has 0 aromatic rings. The molecule has 0 aromatic carbocycles. The molecule has 2 aliphatic carbocycles. The van der Waals surface area contributed by atoms with Crippen molar-refractivity contribution in [1.82, 2.24) is 15.5 Å². The van der Waals surface area contributed by atoms with Gasteiger partial charge in [0, 0.05) is 6.04 Å². The average molecular weight is 393 g/mol. The second-order valence-electron chi connectivity index (χ2n) is 8.56. The van der Waals surface area contributed by atoms with Gasteiger partial charge in [0.25, 0.3) is 11.8 Å². The van der Waals surface area contributed by atoms with Crippen LogP contribution < -0.4 is 10.6 Å². The summed E-state index contributed by atoms with van der Waals surface area (Å²) in [5.41, 5.74) is -0.881. The highest BCUT2D eigenvalue weighted by Crippen LogP contribution is 2.36. The van der Waals surface area contributed by atoms with E-state index in [2.05, 4.69) is 17.6 Å². The van der Waals surface area contributed by atoms with Crippen LogP contribution in [0, 0.1) is 5.92 Å². The second-order valence-corrected chi connectivity index (χ2v) is 8.56. The first-order valence-electron chi connectivity index (χ1n) is 10.4. The highest BCUT2D eigenvalue weighted by atomic mass is 16.5. The van der Waals surface area contributed by atoms with Gasteiger partial charge in [-0.1, -0.05) is 26.2 Å². The lowest BCUT2D eigenvalue weighted by atomic mass is 9.77. The van der Waals surface area contributed by atoms with Crippen molar-refractivity contribution in [2.75, 3.05) is 6.54 Å². The van der Waals surface area contributed by atoms with E-state index in [0.29, 0.717) is 18.8 Å². The number of imide groups is 1. The molecule has 3 fully saturated rings. The first-order valence-corrected chi connectivity index (χ1v) is 10.4. The molecule has 2 N–H and O–H groups in total. The van der Waals surface area contributed by atoms with E-state index in [9.17, 15) is 19.2 Å². The lowest BCUT2D eigenvalue weighted by Gasteiger charge is -2.33. The summed E-state index contributed by atoms with van der Waals surface area (Å²) in [7, 11) is 0. The van der Waals surface area contributed by atoms with Crippen LogP contribution in [-0.4, -0.2) is 52.9 Å². The van der Waals surface area contributed by atoms with Gasteiger partial charge in [0.1, 0.15) is 12.1 Å². The quantitative estimate of drug-likeness (QED) is 0.548. The lowest BCUT2D eigenvalue weighted by Crippen LogP contribution is -2.49. The summed E-state index contributed by atoms with van der Waals surface area (Å²) < 4.78 is 5.18. The summed E-state index contributed by atoms with van der Waals surface area (Å²) in [4.78, 5) is 50.4. The molecule has 0 unspecified atom stereocenters. The van der Waals surface area contributed by atoms with Crippen molar-refractivity contribution in [3.63, 3.8) is 0 Å². The number of carbonyl (C=O) groups is 4. The third-order valence-corrected chi connectivity index (χ3v) is 6.29. The van der Waals surface area contributed by atoms with Crippen molar-refractivity contribution in [2.45, 2.75) is 89.3 Å². The molecule has 0 aromatic heterocycles. The van der Waals surface area contributed by atoms with Crippen LogP contribution >= 0.6 is 0 Å². The molecule has 2 saturated carbocycles. The fourth-order valence-electron chi connectivity index (χ4n) is 4.40. The molecule has 0 radical (unpaired) electrons. The molecule has 3 rings (SSSR count). The number of urea groups is 1. The Labute approximate surface area is 165 Å². The predicted octanol–water partition coefficient (Wildman–Crippen LogP) is 1.87. The van der Waals surface area contributed by atoms with E-state index in [-0.39, 0.29) is 17.9 Å². The number of amides is 4. The van der Waals surface area contributed by atoms with Crippen molar-refractivity contribution in [2.24, 2.45) is 5.92 Å². The summed E-state index contributed by atoms with van der Waals surface area (Å²) in [6, 6.07) is -0.433. The minimum atomic E-state index is -0.959. The zero-order chi connectivity index (χ0) is 20.3. The highest BCUT2D eigenvalue weighted by molar-refractivity contribution is 6.08. The number of nitrogens with zero attached hydrogens (tertiary/aromatic N) is 1. The van der Waals surface area contributed by atoms with Gasteiger partial charge in [0.2, 0.25) is 0 Å². The fourth-order valence-corrected chi connectivity index (χ4v) is 4.40. The Morgan fingerprint density at radius 1 is 1.18 bits per heavy atom. The molecule has 156 valence electrons. The van der Waals surface area contributed by atoms with Crippen LogP contribution in [0.15, 0.2) is 0 Å². The monoisotopic (exact) mass is 393 g/mol. The Morgan fingerprint density at radius 3 is 2.46 bits per heavy atom. The third-order valence-electron chi connectivity index (χ3n) is 6.29. The second kappa shape index (κ2) is 8.49. The summed E-state index contributed by atoms with van der Waals surface area (Å²) in [6.07, 6.45) is 7.19. The highest BCUT2D eigenvalue weighted by Gasteiger charge is 2.52. The Morgan fingerprint density at radius 2 is 1.82 bits per heavy atom. The Balaban J connectivity index is 1.50. The number of esters is 1. The molecular formula is C20H31N3O5. The van der Waals surface area contributed by atoms with Gasteiger partial charge in [-0.25, -0.2) is 4.79 Å². The molecule has 3 aliphatic rings. The molecule has 28 heavy (non-hydrogen) atoms. The van der Waals surface area contributed by atoms with E-state index in [0.717, 1.165) is 43.4 Å². The van der Waals surface area contributed by atoms with Gasteiger partial charge in [0.15, 0.2) is 6.10 Å². The predicted molar refractivity (Wildman–Crippen MR) is 101 cm³/mol. The van der Waals surface area contributed by atoms with Crippen LogP contribution in [0.2, 0.25) is 0 Å². The van der Waals surface area contributed by atoms with Crippen molar-refractivity contribution >= 4 is 23.8 Å². The number of nitrogens with one attached hydrogen (secondary N) is 2. The minimum absolute atomic E-state index is 0.127. The molecule has 0 bridgehead atoms. The van der Waals surface area contributed by atoms with E-state index in [1.165, 1.54) is 13.3 Å². The zero-order valence-corrected chi connectivity index (χ0v) is 16.8. The maximum atomic E-state index is 12.8. The maximum absolute atomic E-state index is 12.8. The Bertz CT molecular complexity index is 636. The van der Waals surface area contributed by atoms with Crippen LogP contribution in [0.3, 0.4) is 0 Å². The number of hydrogen-bond donors (Lipinski definition) is 2. The van der Waals surface area contributed by atoms with Crippen molar-refractivity contribution < 1.29 is 23.9 Å². The van der Waals surface area contributed by atoms with Gasteiger partial charge in [-0.15, -0.1) is 0 Å². The summed E-state index contributed by atoms with van der Waals surface area (Å²) in [5, 5.41) is 5.69. The van der Waals surface area contributed by atoms with E-state index in [4.69, 9.17) is 4.74 Å². The molecule has 1 spiro atoms. The lowest BCUT2D eigenvalue weighted by molar-refractivity contribution is -0.157. The first-order chi connectivity index (χ1) is 13.3. The molecule has 8 heteroatoms. The Kier molecular flexibility index (Phi) is 6.25. The van der Waals surface area contributed by atoms with Crippen LogP contribution in [0.4, 0.5) is 4.79 Å². The molecule has 4 amide bonds. The Hall–Kier alpha value is -2.12. The smallest absolute Gasteiger partial charge is 0.327 e. The molecule has 1 aliphatic heterocycles. The maximum Gasteiger partial charge on any atom is 0.327 e. The van der Waals surface area contributed by atoms with E-state index in [1.807, 2.05) is 0 Å². The fraction of sp³-hybridized carbons (Fsp3) is 0.800. The largest absolute Gasteiger partial charge is 0.451 e. The van der Waals surface area contributed by atoms with Crippen LogP contribution in [0.5, 0.6) is 0 Å². The van der Waals surface area contributed by atoms with Gasteiger partial charge in [-0.2, -0.15) is 0 Å². The molecule has 1 heterocycles. The molecule has 8 nitrogen and oxygen atoms in total. The topological polar surface area (TPSA) is 105 Å². The molecule has 1 atom stereocenters. The van der Waals surface area contributed by atoms with E-state index < -0.39 is 30.2 Å². The van der Waals surface area contributed by atoms with Crippen molar-refractivity contribution in [3.8, 4) is 0 Å². The first kappa shape index (κ1) is 20.6. The normalized spacial score (nSPS) is 29.5. The number of rotatable bonds is 5. The van der Waals surface area contributed by atoms with Crippen molar-refractivity contribution in [1.29, 1.82) is 0 Å². The zero-order valence-electron chi connectivity index (χ0n) is 16.8. The van der Waals surface area contributed by atoms with E-state index in [1.54, 1.807) is 0 Å². The van der Waals surface area contributed by atoms with Gasteiger partial charge in [-0.05, 0) is 51.4 Å². The standard InChI is InChI=1S/C20H31N3O5/c1-13-8-10-20(11-9-13)18(26)23(19(27)22-20)12-16(24)28-14(2)17(25)21-15-6-4-3-5-7-15/h13-15H,3-12H2,1-2H3,(H,21,25)(H,22,27)/t13?,14-,20?/m1/s1. The van der Waals surface area contributed by atoms with Crippen LogP contribution in [-0.2, 0) is 19.1 Å². The van der Waals surface area contributed by atoms with Crippen LogP contribution in [0.1, 0.15) is 71.6 Å². The van der Waals surface area contributed by atoms with Gasteiger partial charge in [0.05, 0.1) is 0 Å². The third kappa shape index (κ3) is 4.47. The number of ether oxygens (including phenoxy) is 1. The summed E-state index contributed by atoms with van der Waals surface area (Å²) >= 11 is 0. The summed E-state index contributed by atoms with van der Waals surface area (Å²) in [6.45, 7) is 3.16. The number of hydrogen-bond acceptors (Lipinski definition) is 5. The summed E-state index contributed by atoms with van der Waals surface area (Å²) in [5.74, 6) is -0.926.